The largest absolute Gasteiger partial charge is 0.451 e. The number of fused-ring (bicyclic) bond motifs is 2. The first-order chi connectivity index (χ1) is 14.1. The van der Waals surface area contributed by atoms with E-state index in [4.69, 9.17) is 4.74 Å². The van der Waals surface area contributed by atoms with E-state index in [9.17, 15) is 9.59 Å². The van der Waals surface area contributed by atoms with Gasteiger partial charge in [-0.1, -0.05) is 0 Å². The van der Waals surface area contributed by atoms with Gasteiger partial charge in [0.1, 0.15) is 5.60 Å². The van der Waals surface area contributed by atoms with Crippen molar-refractivity contribution in [3.63, 3.8) is 0 Å². The van der Waals surface area contributed by atoms with E-state index in [0.717, 1.165) is 43.6 Å². The minimum atomic E-state index is -0.573. The summed E-state index contributed by atoms with van der Waals surface area (Å²) in [7, 11) is 0. The van der Waals surface area contributed by atoms with Gasteiger partial charge in [-0.3, -0.25) is 14.8 Å². The molecule has 0 aromatic carbocycles. The molecule has 0 radical (unpaired) electrons. The lowest BCUT2D eigenvalue weighted by atomic mass is 9.75. The quantitative estimate of drug-likeness (QED) is 0.808. The Kier molecular flexibility index (Phi) is 4.45. The van der Waals surface area contributed by atoms with Crippen molar-refractivity contribution in [3.05, 3.63) is 54.1 Å². The Morgan fingerprint density at radius 3 is 2.76 bits per heavy atom. The van der Waals surface area contributed by atoms with Crippen LogP contribution in [0.25, 0.3) is 0 Å². The molecule has 7 nitrogen and oxygen atoms in total. The molecule has 1 atom stereocenters. The minimum Gasteiger partial charge on any atom is -0.451 e. The maximum Gasteiger partial charge on any atom is 0.341 e. The van der Waals surface area contributed by atoms with Crippen LogP contribution in [-0.2, 0) is 15.1 Å². The Hall–Kier alpha value is -2.96. The van der Waals surface area contributed by atoms with E-state index < -0.39 is 5.60 Å². The molecule has 1 amide bonds. The Morgan fingerprint density at radius 2 is 1.97 bits per heavy atom. The second-order valence-electron chi connectivity index (χ2n) is 8.23. The molecule has 2 aromatic heterocycles. The molecule has 2 aromatic rings. The monoisotopic (exact) mass is 392 g/mol. The molecule has 1 spiro atoms. The van der Waals surface area contributed by atoms with Crippen LogP contribution in [-0.4, -0.2) is 41.0 Å². The van der Waals surface area contributed by atoms with E-state index in [1.165, 1.54) is 0 Å². The first-order valence-electron chi connectivity index (χ1n) is 10.3. The van der Waals surface area contributed by atoms with Crippen molar-refractivity contribution in [1.82, 2.24) is 15.3 Å². The standard InChI is InChI=1S/C22H24N4O3/c27-20(25-16-6-11-26(14-16)17-2-1-9-23-12-17)15-3-7-22(8-4-15)19-5-10-24-13-18(19)21(28)29-22/h1-2,5,9-10,12-13,15-16H,3-4,6-8,11,14H2,(H,25,27). The Labute approximate surface area is 169 Å². The van der Waals surface area contributed by atoms with Crippen molar-refractivity contribution in [2.45, 2.75) is 43.7 Å². The van der Waals surface area contributed by atoms with Gasteiger partial charge >= 0.3 is 5.97 Å². The average molecular weight is 392 g/mol. The minimum absolute atomic E-state index is 0.0299. The molecule has 3 aliphatic rings. The van der Waals surface area contributed by atoms with Crippen molar-refractivity contribution >= 4 is 17.6 Å². The zero-order chi connectivity index (χ0) is 19.8. The zero-order valence-corrected chi connectivity index (χ0v) is 16.2. The number of nitrogens with zero attached hydrogens (tertiary/aromatic N) is 3. The number of pyridine rings is 2. The Morgan fingerprint density at radius 1 is 1.14 bits per heavy atom. The molecular weight excluding hydrogens is 368 g/mol. The fourth-order valence-electron chi connectivity index (χ4n) is 4.93. The van der Waals surface area contributed by atoms with E-state index in [-0.39, 0.29) is 23.8 Å². The zero-order valence-electron chi connectivity index (χ0n) is 16.2. The normalized spacial score (nSPS) is 28.3. The van der Waals surface area contributed by atoms with Crippen LogP contribution in [0.5, 0.6) is 0 Å². The number of amides is 1. The molecule has 1 saturated carbocycles. The van der Waals surface area contributed by atoms with Gasteiger partial charge in [-0.2, -0.15) is 0 Å². The van der Waals surface area contributed by atoms with Gasteiger partial charge in [-0.25, -0.2) is 4.79 Å². The van der Waals surface area contributed by atoms with Gasteiger partial charge in [-0.05, 0) is 50.3 Å². The van der Waals surface area contributed by atoms with Crippen LogP contribution in [0.3, 0.4) is 0 Å². The first kappa shape index (κ1) is 18.1. The third-order valence-electron chi connectivity index (χ3n) is 6.53. The number of nitrogens with one attached hydrogen (secondary N) is 1. The number of esters is 1. The highest BCUT2D eigenvalue weighted by Crippen LogP contribution is 2.47. The van der Waals surface area contributed by atoms with Gasteiger partial charge in [-0.15, -0.1) is 0 Å². The number of carbonyl (C=O) groups is 2. The SMILES string of the molecule is O=C1OC2(CCC(C(=O)NC3CCN(c4cccnc4)C3)CC2)c2ccncc21. The van der Waals surface area contributed by atoms with Gasteiger partial charge in [0.2, 0.25) is 5.91 Å². The van der Waals surface area contributed by atoms with Gasteiger partial charge in [0.15, 0.2) is 0 Å². The summed E-state index contributed by atoms with van der Waals surface area (Å²) in [6.07, 6.45) is 10.7. The Balaban J connectivity index is 1.18. The van der Waals surface area contributed by atoms with Gasteiger partial charge in [0.05, 0.1) is 17.4 Å². The molecule has 2 aliphatic heterocycles. The lowest BCUT2D eigenvalue weighted by Gasteiger charge is -2.36. The molecule has 5 rings (SSSR count). The molecule has 1 saturated heterocycles. The van der Waals surface area contributed by atoms with Crippen molar-refractivity contribution < 1.29 is 14.3 Å². The number of rotatable bonds is 3. The fraction of sp³-hybridized carbons (Fsp3) is 0.455. The number of hydrogen-bond donors (Lipinski definition) is 1. The second kappa shape index (κ2) is 7.13. The third kappa shape index (κ3) is 3.24. The molecule has 7 heteroatoms. The highest BCUT2D eigenvalue weighted by Gasteiger charge is 2.48. The molecule has 1 aliphatic carbocycles. The number of carbonyl (C=O) groups excluding carboxylic acids is 2. The smallest absolute Gasteiger partial charge is 0.341 e. The molecular formula is C22H24N4O3. The molecule has 29 heavy (non-hydrogen) atoms. The highest BCUT2D eigenvalue weighted by molar-refractivity contribution is 5.94. The van der Waals surface area contributed by atoms with Crippen LogP contribution in [0.2, 0.25) is 0 Å². The molecule has 150 valence electrons. The summed E-state index contributed by atoms with van der Waals surface area (Å²) in [6.45, 7) is 1.73. The summed E-state index contributed by atoms with van der Waals surface area (Å²) in [5, 5.41) is 3.24. The van der Waals surface area contributed by atoms with E-state index >= 15 is 0 Å². The molecule has 1 unspecified atom stereocenters. The average Bonchev–Trinajstić information content (AvgIpc) is 3.33. The molecule has 1 N–H and O–H groups in total. The van der Waals surface area contributed by atoms with Gasteiger partial charge in [0.25, 0.3) is 0 Å². The predicted molar refractivity (Wildman–Crippen MR) is 106 cm³/mol. The summed E-state index contributed by atoms with van der Waals surface area (Å²) < 4.78 is 5.76. The topological polar surface area (TPSA) is 84.4 Å². The van der Waals surface area contributed by atoms with Crippen LogP contribution in [0.4, 0.5) is 5.69 Å². The number of anilines is 1. The number of aromatic nitrogens is 2. The van der Waals surface area contributed by atoms with E-state index in [1.54, 1.807) is 18.6 Å². The van der Waals surface area contributed by atoms with Crippen LogP contribution in [0.1, 0.15) is 48.0 Å². The summed E-state index contributed by atoms with van der Waals surface area (Å²) in [4.78, 5) is 35.5. The lowest BCUT2D eigenvalue weighted by Crippen LogP contribution is -2.43. The summed E-state index contributed by atoms with van der Waals surface area (Å²) in [6, 6.07) is 6.03. The van der Waals surface area contributed by atoms with Crippen molar-refractivity contribution in [1.29, 1.82) is 0 Å². The first-order valence-corrected chi connectivity index (χ1v) is 10.3. The van der Waals surface area contributed by atoms with Crippen molar-refractivity contribution in [2.75, 3.05) is 18.0 Å². The maximum absolute atomic E-state index is 12.9. The van der Waals surface area contributed by atoms with Crippen molar-refractivity contribution in [2.24, 2.45) is 5.92 Å². The van der Waals surface area contributed by atoms with Crippen LogP contribution >= 0.6 is 0 Å². The fourth-order valence-corrected chi connectivity index (χ4v) is 4.93. The second-order valence-corrected chi connectivity index (χ2v) is 8.23. The maximum atomic E-state index is 12.9. The molecule has 2 fully saturated rings. The van der Waals surface area contributed by atoms with Crippen LogP contribution in [0.15, 0.2) is 43.0 Å². The van der Waals surface area contributed by atoms with Crippen LogP contribution in [0, 0.1) is 5.92 Å². The third-order valence-corrected chi connectivity index (χ3v) is 6.53. The summed E-state index contributed by atoms with van der Waals surface area (Å²) in [5.74, 6) is -0.202. The molecule has 0 bridgehead atoms. The lowest BCUT2D eigenvalue weighted by molar-refractivity contribution is -0.128. The molecule has 4 heterocycles. The number of hydrogen-bond acceptors (Lipinski definition) is 6. The predicted octanol–water partition coefficient (Wildman–Crippen LogP) is 2.43. The van der Waals surface area contributed by atoms with Crippen molar-refractivity contribution in [3.8, 4) is 0 Å². The van der Waals surface area contributed by atoms with Crippen LogP contribution < -0.4 is 10.2 Å². The summed E-state index contributed by atoms with van der Waals surface area (Å²) in [5.41, 5.74) is 2.02. The van der Waals surface area contributed by atoms with Gasteiger partial charge in [0, 0.05) is 49.2 Å². The van der Waals surface area contributed by atoms with E-state index in [0.29, 0.717) is 18.4 Å². The van der Waals surface area contributed by atoms with Gasteiger partial charge < -0.3 is 15.0 Å². The van der Waals surface area contributed by atoms with E-state index in [2.05, 4.69) is 20.2 Å². The highest BCUT2D eigenvalue weighted by atomic mass is 16.6. The number of ether oxygens (including phenoxy) is 1. The Bertz CT molecular complexity index is 925. The summed E-state index contributed by atoms with van der Waals surface area (Å²) >= 11 is 0. The van der Waals surface area contributed by atoms with E-state index in [1.807, 2.05) is 24.4 Å².